The Hall–Kier alpha value is -2.07. The fraction of sp³-hybridized carbons (Fsp3) is 0.756. The summed E-state index contributed by atoms with van der Waals surface area (Å²) in [6.07, 6.45) is 37.9. The van der Waals surface area contributed by atoms with Gasteiger partial charge in [-0.25, -0.2) is 4.57 Å². The molecule has 0 aliphatic rings. The zero-order chi connectivity index (χ0) is 38.4. The first-order chi connectivity index (χ1) is 25.2. The Morgan fingerprint density at radius 2 is 1.06 bits per heavy atom. The van der Waals surface area contributed by atoms with Crippen molar-refractivity contribution in [1.82, 2.24) is 0 Å². The van der Waals surface area contributed by atoms with Gasteiger partial charge in [0.05, 0.1) is 19.8 Å². The van der Waals surface area contributed by atoms with Crippen LogP contribution in [0.1, 0.15) is 162 Å². The Morgan fingerprint density at radius 1 is 0.596 bits per heavy atom. The molecule has 0 aromatic carbocycles. The Bertz CT molecular complexity index is 1010. The molecule has 0 fully saturated rings. The summed E-state index contributed by atoms with van der Waals surface area (Å²) in [6, 6.07) is 0. The Kier molecular flexibility index (Phi) is 35.8. The van der Waals surface area contributed by atoms with E-state index in [0.29, 0.717) is 12.8 Å². The first kappa shape index (κ1) is 49.9. The van der Waals surface area contributed by atoms with E-state index in [4.69, 9.17) is 19.1 Å². The third-order valence-electron chi connectivity index (χ3n) is 8.22. The second-order valence-corrected chi connectivity index (χ2v) is 14.7. The largest absolute Gasteiger partial charge is 0.472 e. The molecule has 0 spiro atoms. The summed E-state index contributed by atoms with van der Waals surface area (Å²) in [6.45, 7) is 2.21. The molecule has 0 radical (unpaired) electrons. The summed E-state index contributed by atoms with van der Waals surface area (Å²) in [5.41, 5.74) is 0. The number of ether oxygens (including phenoxy) is 2. The minimum absolute atomic E-state index is 0.162. The molecule has 302 valence electrons. The number of rotatable bonds is 37. The molecular formula is C41H73O10P. The summed E-state index contributed by atoms with van der Waals surface area (Å²) < 4.78 is 32.6. The lowest BCUT2D eigenvalue weighted by Gasteiger charge is -2.20. The molecule has 11 heteroatoms. The van der Waals surface area contributed by atoms with Crippen molar-refractivity contribution in [3.05, 3.63) is 48.6 Å². The highest BCUT2D eigenvalue weighted by Crippen LogP contribution is 2.43. The van der Waals surface area contributed by atoms with Gasteiger partial charge in [0.25, 0.3) is 0 Å². The van der Waals surface area contributed by atoms with E-state index in [1.807, 2.05) is 0 Å². The Balaban J connectivity index is 4.39. The maximum atomic E-state index is 12.6. The maximum absolute atomic E-state index is 12.6. The minimum Gasteiger partial charge on any atom is -0.462 e. The van der Waals surface area contributed by atoms with E-state index in [0.717, 1.165) is 89.9 Å². The lowest BCUT2D eigenvalue weighted by Crippen LogP contribution is -2.29. The second-order valence-electron chi connectivity index (χ2n) is 13.3. The quantitative estimate of drug-likeness (QED) is 0.0242. The molecule has 0 aromatic heterocycles. The zero-order valence-electron chi connectivity index (χ0n) is 32.5. The number of unbranched alkanes of at least 4 members (excludes halogenated alkanes) is 15. The summed E-state index contributed by atoms with van der Waals surface area (Å²) >= 11 is 0. The van der Waals surface area contributed by atoms with Crippen LogP contribution in [0.25, 0.3) is 0 Å². The fourth-order valence-electron chi connectivity index (χ4n) is 5.12. The highest BCUT2D eigenvalue weighted by Gasteiger charge is 2.27. The third-order valence-corrected chi connectivity index (χ3v) is 9.17. The lowest BCUT2D eigenvalue weighted by atomic mass is 10.1. The van der Waals surface area contributed by atoms with Gasteiger partial charge in [0.2, 0.25) is 0 Å². The molecule has 0 amide bonds. The second kappa shape index (κ2) is 37.3. The first-order valence-electron chi connectivity index (χ1n) is 20.1. The van der Waals surface area contributed by atoms with Crippen LogP contribution in [0.15, 0.2) is 48.6 Å². The van der Waals surface area contributed by atoms with E-state index in [9.17, 15) is 24.2 Å². The molecule has 3 atom stereocenters. The molecule has 52 heavy (non-hydrogen) atoms. The van der Waals surface area contributed by atoms with Crippen LogP contribution in [0.5, 0.6) is 0 Å². The van der Waals surface area contributed by atoms with Crippen molar-refractivity contribution in [1.29, 1.82) is 0 Å². The smallest absolute Gasteiger partial charge is 0.462 e. The van der Waals surface area contributed by atoms with Crippen LogP contribution in [-0.2, 0) is 32.7 Å². The highest BCUT2D eigenvalue weighted by atomic mass is 31.2. The number of phosphoric acid groups is 1. The van der Waals surface area contributed by atoms with E-state index in [-0.39, 0.29) is 19.4 Å². The van der Waals surface area contributed by atoms with Gasteiger partial charge in [-0.3, -0.25) is 18.6 Å². The van der Waals surface area contributed by atoms with Gasteiger partial charge in [-0.15, -0.1) is 0 Å². The standard InChI is InChI=1S/C41H73O10P/c1-3-5-7-9-11-13-15-17-19-21-23-25-27-29-31-33-41(45)51-39(37-50-52(46,47)49-35-38(43)34-42)36-48-40(44)32-30-28-26-24-22-20-18-16-14-12-10-8-6-4-2/h5,7,11,13,16-19,38-39,42-43H,3-4,6,8-10,12,14-15,20-37H2,1-2H3,(H,46,47)/b7-5-,13-11-,18-16-,19-17-. The van der Waals surface area contributed by atoms with E-state index < -0.39 is 51.8 Å². The van der Waals surface area contributed by atoms with Gasteiger partial charge in [-0.1, -0.05) is 127 Å². The number of aliphatic hydroxyl groups excluding tert-OH is 2. The SMILES string of the molecule is CC/C=C\C/C=C\C/C=C\CCCCCCCC(=O)OC(COC(=O)CCCCCCC/C=C\CCCCCCC)COP(=O)(O)OCC(O)CO. The number of allylic oxidation sites excluding steroid dienone is 8. The molecule has 0 bridgehead atoms. The average Bonchev–Trinajstić information content (AvgIpc) is 3.13. The topological polar surface area (TPSA) is 149 Å². The molecule has 0 aliphatic heterocycles. The Morgan fingerprint density at radius 3 is 1.62 bits per heavy atom. The maximum Gasteiger partial charge on any atom is 0.472 e. The van der Waals surface area contributed by atoms with Crippen molar-refractivity contribution in [3.8, 4) is 0 Å². The minimum atomic E-state index is -4.62. The van der Waals surface area contributed by atoms with E-state index in [1.165, 1.54) is 32.1 Å². The van der Waals surface area contributed by atoms with Gasteiger partial charge in [0.15, 0.2) is 6.10 Å². The van der Waals surface area contributed by atoms with E-state index in [2.05, 4.69) is 67.0 Å². The molecule has 3 unspecified atom stereocenters. The van der Waals surface area contributed by atoms with Gasteiger partial charge in [0, 0.05) is 12.8 Å². The normalized spacial score (nSPS) is 14.5. The molecule has 3 N–H and O–H groups in total. The van der Waals surface area contributed by atoms with Gasteiger partial charge in [0.1, 0.15) is 12.7 Å². The number of hydrogen-bond acceptors (Lipinski definition) is 9. The Labute approximate surface area is 315 Å². The number of aliphatic hydroxyl groups is 2. The van der Waals surface area contributed by atoms with Crippen molar-refractivity contribution < 1.29 is 47.8 Å². The van der Waals surface area contributed by atoms with Crippen LogP contribution in [-0.4, -0.2) is 65.7 Å². The molecule has 0 rings (SSSR count). The number of phosphoric ester groups is 1. The van der Waals surface area contributed by atoms with Crippen molar-refractivity contribution in [2.24, 2.45) is 0 Å². The number of hydrogen-bond donors (Lipinski definition) is 3. The monoisotopic (exact) mass is 756 g/mol. The van der Waals surface area contributed by atoms with Crippen LogP contribution in [0.3, 0.4) is 0 Å². The molecule has 10 nitrogen and oxygen atoms in total. The molecule has 0 saturated carbocycles. The third kappa shape index (κ3) is 36.3. The number of esters is 2. The zero-order valence-corrected chi connectivity index (χ0v) is 33.4. The average molecular weight is 757 g/mol. The van der Waals surface area contributed by atoms with Crippen molar-refractivity contribution in [3.63, 3.8) is 0 Å². The number of carbonyl (C=O) groups excluding carboxylic acids is 2. The van der Waals surface area contributed by atoms with Gasteiger partial charge in [-0.2, -0.15) is 0 Å². The van der Waals surface area contributed by atoms with Crippen LogP contribution >= 0.6 is 7.82 Å². The van der Waals surface area contributed by atoms with Crippen LogP contribution in [0.2, 0.25) is 0 Å². The molecule has 0 saturated heterocycles. The van der Waals surface area contributed by atoms with E-state index >= 15 is 0 Å². The predicted molar refractivity (Wildman–Crippen MR) is 210 cm³/mol. The molecule has 0 heterocycles. The van der Waals surface area contributed by atoms with Crippen LogP contribution in [0.4, 0.5) is 0 Å². The van der Waals surface area contributed by atoms with Crippen molar-refractivity contribution >= 4 is 19.8 Å². The fourth-order valence-corrected chi connectivity index (χ4v) is 5.91. The molecular weight excluding hydrogens is 683 g/mol. The van der Waals surface area contributed by atoms with E-state index in [1.54, 1.807) is 0 Å². The van der Waals surface area contributed by atoms with Crippen LogP contribution in [0, 0.1) is 0 Å². The summed E-state index contributed by atoms with van der Waals surface area (Å²) in [5.74, 6) is -0.958. The lowest BCUT2D eigenvalue weighted by molar-refractivity contribution is -0.161. The molecule has 0 aliphatic carbocycles. The highest BCUT2D eigenvalue weighted by molar-refractivity contribution is 7.47. The summed E-state index contributed by atoms with van der Waals surface area (Å²) in [7, 11) is -4.62. The van der Waals surface area contributed by atoms with Gasteiger partial charge >= 0.3 is 19.8 Å². The first-order valence-corrected chi connectivity index (χ1v) is 21.6. The van der Waals surface area contributed by atoms with Crippen LogP contribution < -0.4 is 0 Å². The summed E-state index contributed by atoms with van der Waals surface area (Å²) in [5, 5.41) is 18.3. The van der Waals surface area contributed by atoms with Crippen molar-refractivity contribution in [2.75, 3.05) is 26.4 Å². The predicted octanol–water partition coefficient (Wildman–Crippen LogP) is 10.2. The molecule has 0 aromatic rings. The van der Waals surface area contributed by atoms with Gasteiger partial charge < -0.3 is 24.6 Å². The van der Waals surface area contributed by atoms with Crippen molar-refractivity contribution in [2.45, 2.75) is 174 Å². The number of carbonyl (C=O) groups is 2. The summed E-state index contributed by atoms with van der Waals surface area (Å²) in [4.78, 5) is 34.9. The van der Waals surface area contributed by atoms with Gasteiger partial charge in [-0.05, 0) is 70.6 Å².